The molecule has 1 N–H and O–H groups in total. The number of hydrogen-bond donors (Lipinski definition) is 1. The largest absolute Gasteiger partial charge is 0.492 e. The minimum absolute atomic E-state index is 0.0375. The van der Waals surface area contributed by atoms with Crippen LogP contribution in [0.1, 0.15) is 54.9 Å². The van der Waals surface area contributed by atoms with E-state index in [0.29, 0.717) is 42.4 Å². The van der Waals surface area contributed by atoms with Crippen LogP contribution in [0, 0.1) is 23.1 Å². The topological polar surface area (TPSA) is 98.8 Å². The number of fused-ring (bicyclic) bond motifs is 1. The van der Waals surface area contributed by atoms with Crippen molar-refractivity contribution < 1.29 is 19.0 Å². The van der Waals surface area contributed by atoms with Crippen LogP contribution < -0.4 is 15.1 Å². The summed E-state index contributed by atoms with van der Waals surface area (Å²) in [4.78, 5) is 28.9. The van der Waals surface area contributed by atoms with Gasteiger partial charge in [-0.2, -0.15) is 5.26 Å². The van der Waals surface area contributed by atoms with Gasteiger partial charge in [0.05, 0.1) is 24.1 Å². The summed E-state index contributed by atoms with van der Waals surface area (Å²) in [6.45, 7) is 2.05. The molecule has 1 aromatic heterocycles. The molecule has 9 heteroatoms. The third-order valence-corrected chi connectivity index (χ3v) is 7.92. The van der Waals surface area contributed by atoms with Crippen molar-refractivity contribution in [3.63, 3.8) is 0 Å². The number of nitriles is 1. The standard InChI is InChI=1S/C25H29FN4O4/c1-28(10-3-9-27)25(7-8-25)15-6-11-29(13-15)21-19(26)12-17-20(23(21)34-2)30(16-4-5-16)14-18(22(17)31)24(32)33/h12,14-16H,3-8,10-11,13H2,1-2H3,(H,32,33). The molecule has 1 aliphatic heterocycles. The summed E-state index contributed by atoms with van der Waals surface area (Å²) in [7, 11) is 3.54. The van der Waals surface area contributed by atoms with Gasteiger partial charge in [-0.3, -0.25) is 9.69 Å². The molecule has 1 unspecified atom stereocenters. The molecular formula is C25H29FN4O4. The summed E-state index contributed by atoms with van der Waals surface area (Å²) in [6.07, 6.45) is 6.66. The van der Waals surface area contributed by atoms with Gasteiger partial charge in [0.15, 0.2) is 11.6 Å². The minimum Gasteiger partial charge on any atom is -0.492 e. The van der Waals surface area contributed by atoms with Crippen LogP contribution in [0.4, 0.5) is 10.1 Å². The number of hydrogen-bond acceptors (Lipinski definition) is 6. The number of halogens is 1. The maximum Gasteiger partial charge on any atom is 0.341 e. The van der Waals surface area contributed by atoms with Crippen molar-refractivity contribution in [2.75, 3.05) is 38.7 Å². The number of carboxylic acid groups (broad SMARTS) is 1. The molecule has 3 fully saturated rings. The maximum atomic E-state index is 15.6. The summed E-state index contributed by atoms with van der Waals surface area (Å²) in [5.41, 5.74) is -0.194. The Bertz CT molecular complexity index is 1260. The van der Waals surface area contributed by atoms with E-state index in [1.54, 1.807) is 4.57 Å². The van der Waals surface area contributed by atoms with Crippen LogP contribution in [-0.2, 0) is 0 Å². The van der Waals surface area contributed by atoms with Gasteiger partial charge in [-0.1, -0.05) is 0 Å². The van der Waals surface area contributed by atoms with Crippen molar-refractivity contribution >= 4 is 22.6 Å². The van der Waals surface area contributed by atoms with Crippen molar-refractivity contribution in [1.82, 2.24) is 9.47 Å². The second-order valence-electron chi connectivity index (χ2n) is 9.82. The molecule has 2 aromatic rings. The highest BCUT2D eigenvalue weighted by atomic mass is 19.1. The van der Waals surface area contributed by atoms with Crippen LogP contribution in [0.25, 0.3) is 10.9 Å². The Morgan fingerprint density at radius 3 is 2.71 bits per heavy atom. The normalized spacial score (nSPS) is 21.1. The van der Waals surface area contributed by atoms with Crippen LogP contribution >= 0.6 is 0 Å². The molecule has 3 aliphatic rings. The first-order valence-corrected chi connectivity index (χ1v) is 11.8. The average Bonchev–Trinajstić information content (AvgIpc) is 3.75. The van der Waals surface area contributed by atoms with E-state index in [-0.39, 0.29) is 22.5 Å². The number of anilines is 1. The fourth-order valence-electron chi connectivity index (χ4n) is 5.80. The summed E-state index contributed by atoms with van der Waals surface area (Å²) < 4.78 is 23.1. The molecule has 8 nitrogen and oxygen atoms in total. The van der Waals surface area contributed by atoms with Crippen LogP contribution in [-0.4, -0.2) is 59.9 Å². The van der Waals surface area contributed by atoms with Gasteiger partial charge in [0.25, 0.3) is 0 Å². The third-order valence-electron chi connectivity index (χ3n) is 7.92. The van der Waals surface area contributed by atoms with Crippen LogP contribution in [0.2, 0.25) is 0 Å². The molecule has 0 radical (unpaired) electrons. The minimum atomic E-state index is -1.32. The SMILES string of the molecule is COc1c(N2CCC(C3(N(C)CCC#N)CC3)C2)c(F)cc2c(=O)c(C(=O)O)cn(C3CC3)c12. The van der Waals surface area contributed by atoms with Gasteiger partial charge < -0.3 is 19.3 Å². The Morgan fingerprint density at radius 2 is 2.12 bits per heavy atom. The zero-order valence-corrected chi connectivity index (χ0v) is 19.5. The van der Waals surface area contributed by atoms with Crippen LogP contribution in [0.3, 0.4) is 0 Å². The molecule has 1 aromatic carbocycles. The van der Waals surface area contributed by atoms with E-state index in [0.717, 1.165) is 38.6 Å². The van der Waals surface area contributed by atoms with Crippen molar-refractivity contribution in [3.8, 4) is 11.8 Å². The smallest absolute Gasteiger partial charge is 0.341 e. The predicted octanol–water partition coefficient (Wildman–Crippen LogP) is 3.39. The van der Waals surface area contributed by atoms with E-state index >= 15 is 4.39 Å². The van der Waals surface area contributed by atoms with E-state index in [1.165, 1.54) is 19.4 Å². The first-order chi connectivity index (χ1) is 16.3. The third kappa shape index (κ3) is 3.52. The zero-order valence-electron chi connectivity index (χ0n) is 19.5. The lowest BCUT2D eigenvalue weighted by molar-refractivity contribution is 0.0694. The predicted molar refractivity (Wildman–Crippen MR) is 125 cm³/mol. The summed E-state index contributed by atoms with van der Waals surface area (Å²) in [5.74, 6) is -1.26. The number of carbonyl (C=O) groups is 1. The summed E-state index contributed by atoms with van der Waals surface area (Å²) in [5, 5.41) is 18.5. The number of pyridine rings is 1. The molecule has 1 atom stereocenters. The average molecular weight is 469 g/mol. The Balaban J connectivity index is 1.56. The fourth-order valence-corrected chi connectivity index (χ4v) is 5.80. The van der Waals surface area contributed by atoms with Crippen molar-refractivity contribution in [2.45, 2.75) is 50.1 Å². The number of methoxy groups -OCH3 is 1. The Morgan fingerprint density at radius 1 is 1.38 bits per heavy atom. The van der Waals surface area contributed by atoms with E-state index < -0.39 is 17.2 Å². The highest BCUT2D eigenvalue weighted by Gasteiger charge is 2.54. The van der Waals surface area contributed by atoms with E-state index in [4.69, 9.17) is 10.00 Å². The Labute approximate surface area is 197 Å². The Kier molecular flexibility index (Phi) is 5.52. The molecule has 1 saturated heterocycles. The second kappa shape index (κ2) is 8.27. The van der Waals surface area contributed by atoms with Gasteiger partial charge in [-0.25, -0.2) is 9.18 Å². The highest BCUT2D eigenvalue weighted by molar-refractivity contribution is 5.97. The first-order valence-electron chi connectivity index (χ1n) is 11.8. The van der Waals surface area contributed by atoms with E-state index in [9.17, 15) is 14.7 Å². The zero-order chi connectivity index (χ0) is 24.2. The van der Waals surface area contributed by atoms with Gasteiger partial charge in [0.1, 0.15) is 11.3 Å². The number of nitrogens with zero attached hydrogens (tertiary/aromatic N) is 4. The van der Waals surface area contributed by atoms with Gasteiger partial charge in [0, 0.05) is 43.8 Å². The number of aromatic carboxylic acids is 1. The van der Waals surface area contributed by atoms with Crippen molar-refractivity contribution in [3.05, 3.63) is 33.9 Å². The van der Waals surface area contributed by atoms with Crippen LogP contribution in [0.5, 0.6) is 5.75 Å². The highest BCUT2D eigenvalue weighted by Crippen LogP contribution is 2.52. The van der Waals surface area contributed by atoms with Crippen molar-refractivity contribution in [1.29, 1.82) is 5.26 Å². The quantitative estimate of drug-likeness (QED) is 0.634. The van der Waals surface area contributed by atoms with Gasteiger partial charge in [-0.15, -0.1) is 0 Å². The molecule has 0 spiro atoms. The number of aromatic nitrogens is 1. The lowest BCUT2D eigenvalue weighted by atomic mass is 9.94. The molecule has 0 amide bonds. The number of ether oxygens (including phenoxy) is 1. The molecule has 180 valence electrons. The molecular weight excluding hydrogens is 439 g/mol. The first kappa shape index (κ1) is 22.7. The van der Waals surface area contributed by atoms with Crippen LogP contribution in [0.15, 0.2) is 17.1 Å². The Hall–Kier alpha value is -3.12. The lowest BCUT2D eigenvalue weighted by Crippen LogP contribution is -2.42. The summed E-state index contributed by atoms with van der Waals surface area (Å²) in [6, 6.07) is 3.47. The maximum absolute atomic E-state index is 15.6. The van der Waals surface area contributed by atoms with Crippen molar-refractivity contribution in [2.24, 2.45) is 5.92 Å². The lowest BCUT2D eigenvalue weighted by Gasteiger charge is -2.33. The summed E-state index contributed by atoms with van der Waals surface area (Å²) >= 11 is 0. The number of carboxylic acids is 1. The molecule has 2 saturated carbocycles. The number of rotatable bonds is 8. The fraction of sp³-hybridized carbons (Fsp3) is 0.560. The molecule has 34 heavy (non-hydrogen) atoms. The number of benzene rings is 1. The molecule has 2 heterocycles. The monoisotopic (exact) mass is 468 g/mol. The second-order valence-corrected chi connectivity index (χ2v) is 9.82. The molecule has 2 aliphatic carbocycles. The van der Waals surface area contributed by atoms with Gasteiger partial charge in [-0.05, 0) is 51.1 Å². The van der Waals surface area contributed by atoms with Gasteiger partial charge >= 0.3 is 5.97 Å². The van der Waals surface area contributed by atoms with E-state index in [2.05, 4.69) is 18.0 Å². The molecule has 5 rings (SSSR count). The molecule has 0 bridgehead atoms. The van der Waals surface area contributed by atoms with Gasteiger partial charge in [0.2, 0.25) is 5.43 Å². The van der Waals surface area contributed by atoms with E-state index in [1.807, 2.05) is 4.90 Å².